The van der Waals surface area contributed by atoms with Crippen molar-refractivity contribution in [2.75, 3.05) is 5.32 Å². The molecule has 3 aromatic rings. The third-order valence-corrected chi connectivity index (χ3v) is 3.92. The van der Waals surface area contributed by atoms with Gasteiger partial charge in [0, 0.05) is 17.4 Å². The summed E-state index contributed by atoms with van der Waals surface area (Å²) >= 11 is 5.98. The number of anilines is 1. The summed E-state index contributed by atoms with van der Waals surface area (Å²) in [6.45, 7) is 3.46. The number of carbonyl (C=O) groups is 1. The first kappa shape index (κ1) is 17.8. The topological polar surface area (TPSA) is 54.9 Å². The number of hydrogen-bond donors (Lipinski definition) is 1. The highest BCUT2D eigenvalue weighted by molar-refractivity contribution is 6.30. The molecule has 1 aromatic carbocycles. The van der Waals surface area contributed by atoms with Crippen LogP contribution in [0.2, 0.25) is 5.02 Å². The van der Waals surface area contributed by atoms with E-state index in [-0.39, 0.29) is 11.3 Å². The third kappa shape index (κ3) is 4.32. The smallest absolute Gasteiger partial charge is 0.258 e. The first-order valence-corrected chi connectivity index (χ1v) is 8.21. The van der Waals surface area contributed by atoms with Crippen molar-refractivity contribution in [2.45, 2.75) is 6.42 Å². The normalized spacial score (nSPS) is 10.4. The van der Waals surface area contributed by atoms with Crippen molar-refractivity contribution in [1.82, 2.24) is 9.97 Å². The lowest BCUT2D eigenvalue weighted by Crippen LogP contribution is -2.14. The van der Waals surface area contributed by atoms with E-state index < -0.39 is 11.7 Å². The Hall–Kier alpha value is -3.05. The highest BCUT2D eigenvalue weighted by Crippen LogP contribution is 2.16. The maximum atomic E-state index is 13.7. The maximum absolute atomic E-state index is 13.7. The fourth-order valence-corrected chi connectivity index (χ4v) is 2.61. The molecule has 0 spiro atoms. The van der Waals surface area contributed by atoms with Crippen molar-refractivity contribution in [2.24, 2.45) is 0 Å². The first-order valence-electron chi connectivity index (χ1n) is 7.84. The average Bonchev–Trinajstić information content (AvgIpc) is 2.63. The molecule has 0 atom stereocenters. The van der Waals surface area contributed by atoms with Crippen molar-refractivity contribution in [3.8, 4) is 0 Å². The van der Waals surface area contributed by atoms with E-state index in [4.69, 9.17) is 11.6 Å². The summed E-state index contributed by atoms with van der Waals surface area (Å²) in [5, 5.41) is 3.30. The Bertz CT molecular complexity index is 958. The zero-order valence-corrected chi connectivity index (χ0v) is 14.5. The van der Waals surface area contributed by atoms with Crippen molar-refractivity contribution in [3.63, 3.8) is 0 Å². The van der Waals surface area contributed by atoms with Crippen molar-refractivity contribution >= 4 is 29.4 Å². The van der Waals surface area contributed by atoms with Gasteiger partial charge in [0.1, 0.15) is 11.6 Å². The zero-order valence-electron chi connectivity index (χ0n) is 13.7. The van der Waals surface area contributed by atoms with Gasteiger partial charge >= 0.3 is 0 Å². The molecule has 0 aliphatic carbocycles. The maximum Gasteiger partial charge on any atom is 0.258 e. The number of amides is 1. The Morgan fingerprint density at radius 3 is 2.65 bits per heavy atom. The minimum atomic E-state index is -0.600. The van der Waals surface area contributed by atoms with E-state index >= 15 is 0 Å². The Labute approximate surface area is 155 Å². The van der Waals surface area contributed by atoms with Crippen LogP contribution in [0.1, 0.15) is 27.2 Å². The van der Waals surface area contributed by atoms with E-state index in [0.29, 0.717) is 17.3 Å². The highest BCUT2D eigenvalue weighted by atomic mass is 35.5. The molecule has 0 aliphatic rings. The van der Waals surface area contributed by atoms with Gasteiger partial charge in [-0.2, -0.15) is 0 Å². The van der Waals surface area contributed by atoms with Gasteiger partial charge in [-0.3, -0.25) is 9.78 Å². The molecule has 1 amide bonds. The van der Waals surface area contributed by atoms with Crippen LogP contribution in [-0.2, 0) is 6.42 Å². The van der Waals surface area contributed by atoms with Crippen LogP contribution in [0, 0.1) is 5.82 Å². The van der Waals surface area contributed by atoms with Crippen LogP contribution in [0.15, 0.2) is 61.4 Å². The largest absolute Gasteiger partial charge is 0.307 e. The van der Waals surface area contributed by atoms with Gasteiger partial charge in [0.15, 0.2) is 0 Å². The molecule has 130 valence electrons. The summed E-state index contributed by atoms with van der Waals surface area (Å²) in [7, 11) is 0. The monoisotopic (exact) mass is 367 g/mol. The zero-order chi connectivity index (χ0) is 18.5. The van der Waals surface area contributed by atoms with E-state index in [0.717, 1.165) is 17.2 Å². The summed E-state index contributed by atoms with van der Waals surface area (Å²) < 4.78 is 13.7. The molecule has 0 fully saturated rings. The summed E-state index contributed by atoms with van der Waals surface area (Å²) in [5.74, 6) is -0.711. The van der Waals surface area contributed by atoms with Gasteiger partial charge in [-0.1, -0.05) is 36.4 Å². The number of pyridine rings is 2. The summed E-state index contributed by atoms with van der Waals surface area (Å²) in [6, 6.07) is 12.3. The van der Waals surface area contributed by atoms with Crippen LogP contribution >= 0.6 is 11.6 Å². The molecule has 0 saturated heterocycles. The number of benzene rings is 1. The molecule has 1 N–H and O–H groups in total. The van der Waals surface area contributed by atoms with Crippen LogP contribution in [0.25, 0.3) is 6.08 Å². The minimum Gasteiger partial charge on any atom is -0.307 e. The van der Waals surface area contributed by atoms with E-state index in [1.807, 2.05) is 30.3 Å². The Morgan fingerprint density at radius 1 is 1.15 bits per heavy atom. The van der Waals surface area contributed by atoms with Crippen LogP contribution in [0.5, 0.6) is 0 Å². The fourth-order valence-electron chi connectivity index (χ4n) is 2.40. The molecule has 3 rings (SSSR count). The molecular formula is C20H15ClFN3O. The predicted octanol–water partition coefficient (Wildman–Crippen LogP) is 4.76. The second-order valence-electron chi connectivity index (χ2n) is 5.61. The molecule has 0 saturated carbocycles. The Balaban J connectivity index is 1.68. The SMILES string of the molecule is C=Cc1ncc(C(=O)Nc2ccc(Cc3cccc(Cl)c3)cn2)cc1F. The number of rotatable bonds is 5. The fraction of sp³-hybridized carbons (Fsp3) is 0.0500. The molecule has 0 radical (unpaired) electrons. The lowest BCUT2D eigenvalue weighted by Gasteiger charge is -2.07. The number of hydrogen-bond acceptors (Lipinski definition) is 3. The van der Waals surface area contributed by atoms with Gasteiger partial charge in [-0.25, -0.2) is 9.37 Å². The number of halogens is 2. The Morgan fingerprint density at radius 2 is 2.00 bits per heavy atom. The summed E-state index contributed by atoms with van der Waals surface area (Å²) in [4.78, 5) is 20.2. The standard InChI is InChI=1S/C20H15ClFN3O/c1-2-18-17(22)10-15(12-23-18)20(26)25-19-7-6-14(11-24-19)8-13-4-3-5-16(21)9-13/h2-7,9-12H,1,8H2,(H,24,25,26). The van der Waals surface area contributed by atoms with Crippen LogP contribution in [0.3, 0.4) is 0 Å². The van der Waals surface area contributed by atoms with E-state index in [2.05, 4.69) is 21.9 Å². The van der Waals surface area contributed by atoms with Crippen LogP contribution < -0.4 is 5.32 Å². The van der Waals surface area contributed by atoms with Gasteiger partial charge in [0.25, 0.3) is 5.91 Å². The van der Waals surface area contributed by atoms with E-state index in [9.17, 15) is 9.18 Å². The van der Waals surface area contributed by atoms with Crippen LogP contribution in [-0.4, -0.2) is 15.9 Å². The van der Waals surface area contributed by atoms with Gasteiger partial charge in [0.2, 0.25) is 0 Å². The Kier molecular flexibility index (Phi) is 5.39. The number of carbonyl (C=O) groups excluding carboxylic acids is 1. The van der Waals surface area contributed by atoms with Crippen LogP contribution in [0.4, 0.5) is 10.2 Å². The second-order valence-corrected chi connectivity index (χ2v) is 6.04. The first-order chi connectivity index (χ1) is 12.5. The van der Waals surface area contributed by atoms with E-state index in [1.165, 1.54) is 12.3 Å². The third-order valence-electron chi connectivity index (χ3n) is 3.69. The lowest BCUT2D eigenvalue weighted by atomic mass is 10.1. The van der Waals surface area contributed by atoms with Gasteiger partial charge < -0.3 is 5.32 Å². The summed E-state index contributed by atoms with van der Waals surface area (Å²) in [5.41, 5.74) is 2.26. The van der Waals surface area contributed by atoms with Crippen molar-refractivity contribution in [3.05, 3.63) is 94.7 Å². The molecule has 2 heterocycles. The minimum absolute atomic E-state index is 0.102. The van der Waals surface area contributed by atoms with Gasteiger partial charge in [-0.05, 0) is 47.9 Å². The lowest BCUT2D eigenvalue weighted by molar-refractivity contribution is 0.102. The second kappa shape index (κ2) is 7.89. The molecule has 4 nitrogen and oxygen atoms in total. The highest BCUT2D eigenvalue weighted by Gasteiger charge is 2.10. The molecule has 0 aliphatic heterocycles. The van der Waals surface area contributed by atoms with Gasteiger partial charge in [-0.15, -0.1) is 0 Å². The number of aromatic nitrogens is 2. The van der Waals surface area contributed by atoms with Crippen molar-refractivity contribution < 1.29 is 9.18 Å². The quantitative estimate of drug-likeness (QED) is 0.707. The van der Waals surface area contributed by atoms with Crippen molar-refractivity contribution in [1.29, 1.82) is 0 Å². The number of nitrogens with one attached hydrogen (secondary N) is 1. The molecule has 2 aromatic heterocycles. The molecule has 0 unspecified atom stereocenters. The van der Waals surface area contributed by atoms with Gasteiger partial charge in [0.05, 0.1) is 11.3 Å². The molecular weight excluding hydrogens is 353 g/mol. The average molecular weight is 368 g/mol. The molecule has 26 heavy (non-hydrogen) atoms. The predicted molar refractivity (Wildman–Crippen MR) is 101 cm³/mol. The molecule has 0 bridgehead atoms. The summed E-state index contributed by atoms with van der Waals surface area (Å²) in [6.07, 6.45) is 4.94. The number of nitrogens with zero attached hydrogens (tertiary/aromatic N) is 2. The molecule has 6 heteroatoms. The van der Waals surface area contributed by atoms with E-state index in [1.54, 1.807) is 12.3 Å².